The fraction of sp³-hybridized carbons (Fsp3) is 0.800. The smallest absolute Gasteiger partial charge is 0.153 e. The Morgan fingerprint density at radius 1 is 1.54 bits per heavy atom. The first-order chi connectivity index (χ1) is 6.04. The lowest BCUT2D eigenvalue weighted by Gasteiger charge is -2.29. The van der Waals surface area contributed by atoms with E-state index in [0.29, 0.717) is 19.3 Å². The summed E-state index contributed by atoms with van der Waals surface area (Å²) in [4.78, 5) is 21.5. The Morgan fingerprint density at radius 3 is 2.77 bits per heavy atom. The predicted octanol–water partition coefficient (Wildman–Crippen LogP) is 2.48. The molecule has 1 aliphatic carbocycles. The fourth-order valence-corrected chi connectivity index (χ4v) is 2.02. The average Bonchev–Trinajstić information content (AvgIpc) is 2.07. The standard InChI is InChI=1S/C10H15ClO2/c1-8(12)5-7-10(11)6-3-2-4-9(10)13/h2-7H2,1H3. The van der Waals surface area contributed by atoms with Gasteiger partial charge in [0.2, 0.25) is 0 Å². The molecule has 0 N–H and O–H groups in total. The third-order valence-electron chi connectivity index (χ3n) is 2.60. The number of carbonyl (C=O) groups excluding carboxylic acids is 2. The lowest BCUT2D eigenvalue weighted by molar-refractivity contribution is -0.123. The molecular weight excluding hydrogens is 188 g/mol. The lowest BCUT2D eigenvalue weighted by Crippen LogP contribution is -2.35. The molecule has 13 heavy (non-hydrogen) atoms. The Hall–Kier alpha value is -0.370. The van der Waals surface area contributed by atoms with Crippen LogP contribution in [0.3, 0.4) is 0 Å². The molecule has 0 saturated heterocycles. The quantitative estimate of drug-likeness (QED) is 0.659. The largest absolute Gasteiger partial charge is 0.300 e. The van der Waals surface area contributed by atoms with Crippen molar-refractivity contribution in [3.8, 4) is 0 Å². The average molecular weight is 203 g/mol. The molecular formula is C10H15ClO2. The van der Waals surface area contributed by atoms with Crippen LogP contribution in [0.15, 0.2) is 0 Å². The van der Waals surface area contributed by atoms with Gasteiger partial charge in [0.15, 0.2) is 5.78 Å². The van der Waals surface area contributed by atoms with Crippen LogP contribution in [-0.2, 0) is 9.59 Å². The van der Waals surface area contributed by atoms with Crippen molar-refractivity contribution in [3.63, 3.8) is 0 Å². The molecule has 1 atom stereocenters. The minimum absolute atomic E-state index is 0.110. The van der Waals surface area contributed by atoms with Gasteiger partial charge in [0.1, 0.15) is 10.7 Å². The maximum absolute atomic E-state index is 11.5. The molecule has 1 rings (SSSR count). The van der Waals surface area contributed by atoms with Crippen molar-refractivity contribution in [2.24, 2.45) is 0 Å². The molecule has 1 fully saturated rings. The number of hydrogen-bond acceptors (Lipinski definition) is 2. The molecule has 74 valence electrons. The summed E-state index contributed by atoms with van der Waals surface area (Å²) in [7, 11) is 0. The van der Waals surface area contributed by atoms with Crippen LogP contribution >= 0.6 is 11.6 Å². The molecule has 0 spiro atoms. The molecule has 0 aromatic heterocycles. The highest BCUT2D eigenvalue weighted by atomic mass is 35.5. The van der Waals surface area contributed by atoms with E-state index in [1.54, 1.807) is 0 Å². The zero-order valence-corrected chi connectivity index (χ0v) is 8.69. The Balaban J connectivity index is 2.51. The molecule has 1 saturated carbocycles. The van der Waals surface area contributed by atoms with Gasteiger partial charge in [-0.1, -0.05) is 6.42 Å². The van der Waals surface area contributed by atoms with Gasteiger partial charge in [0.25, 0.3) is 0 Å². The van der Waals surface area contributed by atoms with E-state index in [1.807, 2.05) is 0 Å². The van der Waals surface area contributed by atoms with Crippen LogP contribution in [-0.4, -0.2) is 16.4 Å². The van der Waals surface area contributed by atoms with Crippen LogP contribution in [0, 0.1) is 0 Å². The van der Waals surface area contributed by atoms with E-state index >= 15 is 0 Å². The molecule has 1 aliphatic rings. The van der Waals surface area contributed by atoms with Crippen molar-refractivity contribution in [2.75, 3.05) is 0 Å². The molecule has 0 aliphatic heterocycles. The van der Waals surface area contributed by atoms with Crippen molar-refractivity contribution in [3.05, 3.63) is 0 Å². The number of halogens is 1. The Kier molecular flexibility index (Phi) is 3.48. The van der Waals surface area contributed by atoms with E-state index in [-0.39, 0.29) is 11.6 Å². The maximum Gasteiger partial charge on any atom is 0.153 e. The number of rotatable bonds is 3. The number of ketones is 2. The zero-order chi connectivity index (χ0) is 9.90. The summed E-state index contributed by atoms with van der Waals surface area (Å²) < 4.78 is 0. The van der Waals surface area contributed by atoms with Gasteiger partial charge in [-0.3, -0.25) is 4.79 Å². The molecule has 2 nitrogen and oxygen atoms in total. The second-order valence-corrected chi connectivity index (χ2v) is 4.52. The van der Waals surface area contributed by atoms with Gasteiger partial charge in [0.05, 0.1) is 0 Å². The van der Waals surface area contributed by atoms with Gasteiger partial charge in [0, 0.05) is 12.8 Å². The number of alkyl halides is 1. The van der Waals surface area contributed by atoms with Crippen LogP contribution in [0.25, 0.3) is 0 Å². The van der Waals surface area contributed by atoms with Gasteiger partial charge >= 0.3 is 0 Å². The van der Waals surface area contributed by atoms with Crippen molar-refractivity contribution in [1.82, 2.24) is 0 Å². The van der Waals surface area contributed by atoms with Gasteiger partial charge in [-0.05, 0) is 26.2 Å². The molecule has 0 aromatic rings. The molecule has 0 bridgehead atoms. The Bertz CT molecular complexity index is 225. The van der Waals surface area contributed by atoms with E-state index in [9.17, 15) is 9.59 Å². The van der Waals surface area contributed by atoms with Gasteiger partial charge in [-0.15, -0.1) is 11.6 Å². The van der Waals surface area contributed by atoms with Gasteiger partial charge < -0.3 is 4.79 Å². The fourth-order valence-electron chi connectivity index (χ4n) is 1.69. The van der Waals surface area contributed by atoms with Crippen molar-refractivity contribution >= 4 is 23.2 Å². The minimum atomic E-state index is -0.718. The third kappa shape index (κ3) is 2.80. The molecule has 0 amide bonds. The highest BCUT2D eigenvalue weighted by Gasteiger charge is 2.37. The molecule has 0 heterocycles. The first kappa shape index (κ1) is 10.7. The summed E-state index contributed by atoms with van der Waals surface area (Å²) in [5, 5.41) is 0. The van der Waals surface area contributed by atoms with E-state index in [2.05, 4.69) is 0 Å². The van der Waals surface area contributed by atoms with Crippen LogP contribution < -0.4 is 0 Å². The number of carbonyl (C=O) groups is 2. The molecule has 1 unspecified atom stereocenters. The Labute approximate surface area is 83.6 Å². The van der Waals surface area contributed by atoms with E-state index < -0.39 is 4.87 Å². The van der Waals surface area contributed by atoms with Gasteiger partial charge in [-0.2, -0.15) is 0 Å². The van der Waals surface area contributed by atoms with Gasteiger partial charge in [-0.25, -0.2) is 0 Å². The first-order valence-corrected chi connectivity index (χ1v) is 5.14. The summed E-state index contributed by atoms with van der Waals surface area (Å²) in [6.45, 7) is 1.54. The second-order valence-electron chi connectivity index (χ2n) is 3.80. The second kappa shape index (κ2) is 4.23. The number of Topliss-reactive ketones (excluding diaryl/α,β-unsaturated/α-hetero) is 2. The van der Waals surface area contributed by atoms with Crippen LogP contribution in [0.4, 0.5) is 0 Å². The van der Waals surface area contributed by atoms with Crippen molar-refractivity contribution < 1.29 is 9.59 Å². The monoisotopic (exact) mass is 202 g/mol. The highest BCUT2D eigenvalue weighted by Crippen LogP contribution is 2.35. The molecule has 3 heteroatoms. The van der Waals surface area contributed by atoms with Crippen molar-refractivity contribution in [1.29, 1.82) is 0 Å². The SMILES string of the molecule is CC(=O)CCC1(Cl)CCCCC1=O. The topological polar surface area (TPSA) is 34.1 Å². The van der Waals surface area contributed by atoms with Crippen LogP contribution in [0.2, 0.25) is 0 Å². The number of hydrogen-bond donors (Lipinski definition) is 0. The summed E-state index contributed by atoms with van der Waals surface area (Å²) in [5.74, 6) is 0.236. The lowest BCUT2D eigenvalue weighted by atomic mass is 9.83. The van der Waals surface area contributed by atoms with E-state index in [1.165, 1.54) is 6.92 Å². The minimum Gasteiger partial charge on any atom is -0.300 e. The van der Waals surface area contributed by atoms with E-state index in [4.69, 9.17) is 11.6 Å². The third-order valence-corrected chi connectivity index (χ3v) is 3.19. The summed E-state index contributed by atoms with van der Waals surface area (Å²) in [6, 6.07) is 0. The molecule has 0 aromatic carbocycles. The summed E-state index contributed by atoms with van der Waals surface area (Å²) in [5.41, 5.74) is 0. The van der Waals surface area contributed by atoms with Crippen molar-refractivity contribution in [2.45, 2.75) is 50.3 Å². The Morgan fingerprint density at radius 2 is 2.23 bits per heavy atom. The van der Waals surface area contributed by atoms with Crippen LogP contribution in [0.5, 0.6) is 0 Å². The predicted molar refractivity (Wildman–Crippen MR) is 52.0 cm³/mol. The van der Waals surface area contributed by atoms with E-state index in [0.717, 1.165) is 19.3 Å². The highest BCUT2D eigenvalue weighted by molar-refractivity contribution is 6.35. The summed E-state index contributed by atoms with van der Waals surface area (Å²) >= 11 is 6.17. The van der Waals surface area contributed by atoms with Crippen LogP contribution in [0.1, 0.15) is 45.4 Å². The summed E-state index contributed by atoms with van der Waals surface area (Å²) in [6.07, 6.45) is 4.22. The first-order valence-electron chi connectivity index (χ1n) is 4.76. The molecule has 0 radical (unpaired) electrons. The zero-order valence-electron chi connectivity index (χ0n) is 7.94. The maximum atomic E-state index is 11.5. The normalized spacial score (nSPS) is 28.9.